The van der Waals surface area contributed by atoms with Gasteiger partial charge in [-0.1, -0.05) is 17.7 Å². The van der Waals surface area contributed by atoms with Crippen molar-refractivity contribution in [3.05, 3.63) is 29.8 Å². The summed E-state index contributed by atoms with van der Waals surface area (Å²) >= 11 is 0. The lowest BCUT2D eigenvalue weighted by atomic mass is 10.2. The monoisotopic (exact) mass is 342 g/mol. The van der Waals surface area contributed by atoms with Crippen LogP contribution in [0.25, 0.3) is 0 Å². The second-order valence-electron chi connectivity index (χ2n) is 4.72. The number of carbonyl (C=O) groups is 3. The van der Waals surface area contributed by atoms with Crippen LogP contribution in [0.2, 0.25) is 0 Å². The second-order valence-corrected chi connectivity index (χ2v) is 6.26. The molecule has 1 aromatic carbocycles. The molecular formula is C13H14N2O7S. The number of hydrogen-bond donors (Lipinski definition) is 1. The highest BCUT2D eigenvalue weighted by Crippen LogP contribution is 2.13. The Bertz CT molecular complexity index is 711. The minimum absolute atomic E-state index is 0.0299. The van der Waals surface area contributed by atoms with Gasteiger partial charge in [0.2, 0.25) is 0 Å². The maximum atomic E-state index is 11.8. The molecule has 23 heavy (non-hydrogen) atoms. The Morgan fingerprint density at radius 1 is 1.17 bits per heavy atom. The number of hydroxylamine groups is 3. The van der Waals surface area contributed by atoms with Gasteiger partial charge in [0.25, 0.3) is 11.8 Å². The number of amides is 2. The maximum absolute atomic E-state index is 11.8. The Labute approximate surface area is 132 Å². The number of nitrogens with one attached hydrogen (secondary N) is 1. The third kappa shape index (κ3) is 4.34. The highest BCUT2D eigenvalue weighted by molar-refractivity contribution is 7.86. The molecule has 1 aliphatic heterocycles. The van der Waals surface area contributed by atoms with E-state index < -0.39 is 34.4 Å². The molecule has 1 aliphatic rings. The molecule has 1 aromatic rings. The molecule has 0 aliphatic carbocycles. The molecule has 0 bridgehead atoms. The zero-order valence-electron chi connectivity index (χ0n) is 12.1. The first-order valence-electron chi connectivity index (χ1n) is 6.59. The van der Waals surface area contributed by atoms with Crippen LogP contribution in [0.1, 0.15) is 18.4 Å². The molecule has 0 aromatic heterocycles. The third-order valence-corrected chi connectivity index (χ3v) is 4.08. The molecule has 0 atom stereocenters. The van der Waals surface area contributed by atoms with E-state index in [9.17, 15) is 22.8 Å². The van der Waals surface area contributed by atoms with Crippen molar-refractivity contribution >= 4 is 27.9 Å². The van der Waals surface area contributed by atoms with E-state index in [1.54, 1.807) is 19.1 Å². The fraction of sp³-hybridized carbons (Fsp3) is 0.308. The van der Waals surface area contributed by atoms with E-state index in [-0.39, 0.29) is 17.7 Å². The van der Waals surface area contributed by atoms with Gasteiger partial charge in [-0.05, 0) is 19.1 Å². The van der Waals surface area contributed by atoms with Crippen LogP contribution in [0.15, 0.2) is 29.2 Å². The molecule has 0 saturated carbocycles. The molecule has 1 N–H and O–H groups in total. The van der Waals surface area contributed by atoms with Gasteiger partial charge in [0, 0.05) is 12.8 Å². The van der Waals surface area contributed by atoms with Crippen LogP contribution in [-0.4, -0.2) is 37.8 Å². The minimum atomic E-state index is -4.09. The molecule has 0 spiro atoms. The molecule has 2 rings (SSSR count). The summed E-state index contributed by atoms with van der Waals surface area (Å²) in [6, 6.07) is 5.89. The summed E-state index contributed by atoms with van der Waals surface area (Å²) in [5.41, 5.74) is 2.81. The average molecular weight is 342 g/mol. The predicted molar refractivity (Wildman–Crippen MR) is 74.6 cm³/mol. The first-order chi connectivity index (χ1) is 10.8. The van der Waals surface area contributed by atoms with Gasteiger partial charge in [0.1, 0.15) is 6.54 Å². The Hall–Kier alpha value is -2.30. The van der Waals surface area contributed by atoms with Crippen molar-refractivity contribution in [3.63, 3.8) is 0 Å². The molecule has 2 amide bonds. The van der Waals surface area contributed by atoms with Gasteiger partial charge in [-0.2, -0.15) is 18.2 Å². The number of rotatable bonds is 6. The number of aryl methyl sites for hydroxylation is 1. The van der Waals surface area contributed by atoms with Crippen molar-refractivity contribution < 1.29 is 31.9 Å². The highest BCUT2D eigenvalue weighted by Gasteiger charge is 2.32. The first kappa shape index (κ1) is 17.1. The predicted octanol–water partition coefficient (Wildman–Crippen LogP) is -0.188. The third-order valence-electron chi connectivity index (χ3n) is 2.89. The molecule has 1 fully saturated rings. The standard InChI is InChI=1S/C13H14N2O7S/c1-9-2-4-10(5-3-9)23(19,20)22-14-8-13(18)21-15-11(16)6-7-12(15)17/h2-5,14H,6-8H2,1H3. The zero-order chi connectivity index (χ0) is 17.0. The van der Waals surface area contributed by atoms with Gasteiger partial charge >= 0.3 is 16.1 Å². The second kappa shape index (κ2) is 6.86. The van der Waals surface area contributed by atoms with E-state index in [0.29, 0.717) is 5.06 Å². The Morgan fingerprint density at radius 2 is 1.74 bits per heavy atom. The van der Waals surface area contributed by atoms with E-state index in [1.807, 2.05) is 5.48 Å². The maximum Gasteiger partial charge on any atom is 0.349 e. The van der Waals surface area contributed by atoms with Gasteiger partial charge in [0.05, 0.1) is 4.90 Å². The Morgan fingerprint density at radius 3 is 2.30 bits per heavy atom. The van der Waals surface area contributed by atoms with Crippen LogP contribution in [0.4, 0.5) is 0 Å². The van der Waals surface area contributed by atoms with E-state index in [4.69, 9.17) is 0 Å². The lowest BCUT2D eigenvalue weighted by Crippen LogP contribution is -2.36. The van der Waals surface area contributed by atoms with Crippen LogP contribution in [0.5, 0.6) is 0 Å². The molecule has 1 heterocycles. The number of benzene rings is 1. The molecule has 124 valence electrons. The fourth-order valence-electron chi connectivity index (χ4n) is 1.71. The quantitative estimate of drug-likeness (QED) is 0.558. The molecular weight excluding hydrogens is 328 g/mol. The van der Waals surface area contributed by atoms with Crippen LogP contribution in [-0.2, 0) is 33.6 Å². The summed E-state index contributed by atoms with van der Waals surface area (Å²) in [6.07, 6.45) is -0.0598. The van der Waals surface area contributed by atoms with Gasteiger partial charge < -0.3 is 4.84 Å². The van der Waals surface area contributed by atoms with Crippen molar-refractivity contribution in [2.45, 2.75) is 24.7 Å². The summed E-state index contributed by atoms with van der Waals surface area (Å²) in [6.45, 7) is 1.13. The van der Waals surface area contributed by atoms with Gasteiger partial charge in [0.15, 0.2) is 0 Å². The van der Waals surface area contributed by atoms with E-state index >= 15 is 0 Å². The van der Waals surface area contributed by atoms with E-state index in [0.717, 1.165) is 5.56 Å². The van der Waals surface area contributed by atoms with Crippen molar-refractivity contribution in [1.82, 2.24) is 10.5 Å². The van der Waals surface area contributed by atoms with Crippen LogP contribution in [0, 0.1) is 6.92 Å². The van der Waals surface area contributed by atoms with Crippen molar-refractivity contribution in [3.8, 4) is 0 Å². The first-order valence-corrected chi connectivity index (χ1v) is 8.00. The molecule has 1 saturated heterocycles. The smallest absolute Gasteiger partial charge is 0.329 e. The lowest BCUT2D eigenvalue weighted by Gasteiger charge is -2.12. The number of hydrogen-bond acceptors (Lipinski definition) is 8. The van der Waals surface area contributed by atoms with Crippen molar-refractivity contribution in [2.24, 2.45) is 0 Å². The van der Waals surface area contributed by atoms with Crippen LogP contribution < -0.4 is 5.48 Å². The fourth-order valence-corrected chi connectivity index (χ4v) is 2.49. The topological polar surface area (TPSA) is 119 Å². The summed E-state index contributed by atoms with van der Waals surface area (Å²) in [5.74, 6) is -2.29. The van der Waals surface area contributed by atoms with Crippen LogP contribution >= 0.6 is 0 Å². The largest absolute Gasteiger partial charge is 0.349 e. The SMILES string of the molecule is Cc1ccc(S(=O)(=O)ONCC(=O)ON2C(=O)CCC2=O)cc1. The molecule has 9 nitrogen and oxygen atoms in total. The van der Waals surface area contributed by atoms with Gasteiger partial charge in [-0.15, -0.1) is 5.06 Å². The van der Waals surface area contributed by atoms with E-state index in [1.165, 1.54) is 12.1 Å². The highest BCUT2D eigenvalue weighted by atomic mass is 32.2. The number of carbonyl (C=O) groups excluding carboxylic acids is 3. The lowest BCUT2D eigenvalue weighted by molar-refractivity contribution is -0.197. The van der Waals surface area contributed by atoms with Crippen LogP contribution in [0.3, 0.4) is 0 Å². The summed E-state index contributed by atoms with van der Waals surface area (Å²) in [5, 5.41) is 0.360. The average Bonchev–Trinajstić information content (AvgIpc) is 2.79. The summed E-state index contributed by atoms with van der Waals surface area (Å²) < 4.78 is 28.1. The van der Waals surface area contributed by atoms with Gasteiger partial charge in [-0.3, -0.25) is 9.59 Å². The molecule has 0 radical (unpaired) electrons. The number of nitrogens with zero attached hydrogens (tertiary/aromatic N) is 1. The van der Waals surface area contributed by atoms with Crippen molar-refractivity contribution in [2.75, 3.05) is 6.54 Å². The molecule has 0 unspecified atom stereocenters. The van der Waals surface area contributed by atoms with E-state index in [2.05, 4.69) is 9.12 Å². The molecule has 10 heteroatoms. The Kier molecular flexibility index (Phi) is 5.08. The Balaban J connectivity index is 1.84. The number of imide groups is 1. The minimum Gasteiger partial charge on any atom is -0.329 e. The zero-order valence-corrected chi connectivity index (χ0v) is 13.0. The summed E-state index contributed by atoms with van der Waals surface area (Å²) in [7, 11) is -4.09. The van der Waals surface area contributed by atoms with Gasteiger partial charge in [-0.25, -0.2) is 4.79 Å². The summed E-state index contributed by atoms with van der Waals surface area (Å²) in [4.78, 5) is 38.4. The normalized spacial score (nSPS) is 15.1. The van der Waals surface area contributed by atoms with Crippen molar-refractivity contribution in [1.29, 1.82) is 0 Å².